The molecule has 1 aliphatic heterocycles. The number of carbonyl (C=O) groups is 2. The molecule has 0 radical (unpaired) electrons. The Bertz CT molecular complexity index is 695. The molecule has 0 aromatic carbocycles. The first-order valence-corrected chi connectivity index (χ1v) is 10.9. The minimum absolute atomic E-state index is 0.217. The van der Waals surface area contributed by atoms with E-state index in [4.69, 9.17) is 4.74 Å². The van der Waals surface area contributed by atoms with Gasteiger partial charge in [-0.3, -0.25) is 4.79 Å². The summed E-state index contributed by atoms with van der Waals surface area (Å²) < 4.78 is 5.48. The van der Waals surface area contributed by atoms with Gasteiger partial charge in [0, 0.05) is 37.3 Å². The van der Waals surface area contributed by atoms with Gasteiger partial charge in [0.25, 0.3) is 0 Å². The summed E-state index contributed by atoms with van der Waals surface area (Å²) in [6.45, 7) is 8.35. The maximum atomic E-state index is 13.0. The van der Waals surface area contributed by atoms with Crippen LogP contribution in [0.25, 0.3) is 0 Å². The van der Waals surface area contributed by atoms with E-state index in [0.29, 0.717) is 19.0 Å². The molecule has 0 aromatic heterocycles. The number of rotatable bonds is 2. The largest absolute Gasteiger partial charge is 0.444 e. The van der Waals surface area contributed by atoms with E-state index >= 15 is 0 Å². The highest BCUT2D eigenvalue weighted by Crippen LogP contribution is 2.38. The van der Waals surface area contributed by atoms with Gasteiger partial charge in [-0.2, -0.15) is 0 Å². The Hall–Kier alpha value is -1.69. The van der Waals surface area contributed by atoms with Crippen LogP contribution >= 0.6 is 11.8 Å². The molecular formula is C21H30N2O3S. The fraction of sp³-hybridized carbons (Fsp3) is 0.619. The number of amides is 1. The van der Waals surface area contributed by atoms with Crippen molar-refractivity contribution < 1.29 is 14.3 Å². The molecule has 1 amide bonds. The molecule has 0 bridgehead atoms. The molecule has 3 aliphatic rings. The van der Waals surface area contributed by atoms with Crippen molar-refractivity contribution in [2.24, 2.45) is 5.92 Å². The van der Waals surface area contributed by atoms with Gasteiger partial charge >= 0.3 is 6.09 Å². The lowest BCUT2D eigenvalue weighted by molar-refractivity contribution is -0.113. The second-order valence-corrected chi connectivity index (χ2v) is 9.09. The molecular weight excluding hydrogens is 360 g/mol. The van der Waals surface area contributed by atoms with E-state index in [1.165, 1.54) is 0 Å². The second kappa shape index (κ2) is 8.13. The predicted octanol–water partition coefficient (Wildman–Crippen LogP) is 3.98. The smallest absolute Gasteiger partial charge is 0.410 e. The molecule has 6 heteroatoms. The predicted molar refractivity (Wildman–Crippen MR) is 109 cm³/mol. The van der Waals surface area contributed by atoms with Crippen molar-refractivity contribution in [1.82, 2.24) is 9.80 Å². The molecule has 2 aliphatic carbocycles. The third kappa shape index (κ3) is 4.60. The highest BCUT2D eigenvalue weighted by atomic mass is 32.2. The van der Waals surface area contributed by atoms with Crippen LogP contribution in [0.1, 0.15) is 40.0 Å². The number of nitrogens with zero attached hydrogens (tertiary/aromatic N) is 2. The first-order valence-electron chi connectivity index (χ1n) is 9.71. The Morgan fingerprint density at radius 1 is 1.19 bits per heavy atom. The lowest BCUT2D eigenvalue weighted by Crippen LogP contribution is -2.49. The molecule has 0 aromatic rings. The van der Waals surface area contributed by atoms with Gasteiger partial charge in [-0.05, 0) is 52.2 Å². The standard InChI is InChI=1S/C21H30N2O3S/c1-21(2,3)26-20(25)23-13-11-22(12-14-23)19(27-4)17-10-9-15-7-5-6-8-16(15)18(17)24/h5-6,8,15H,7,9-14H2,1-4H3. The monoisotopic (exact) mass is 390 g/mol. The van der Waals surface area contributed by atoms with E-state index in [0.717, 1.165) is 48.5 Å². The summed E-state index contributed by atoms with van der Waals surface area (Å²) in [5, 5.41) is 1.08. The van der Waals surface area contributed by atoms with Crippen molar-refractivity contribution in [3.8, 4) is 0 Å². The Morgan fingerprint density at radius 3 is 2.48 bits per heavy atom. The van der Waals surface area contributed by atoms with E-state index in [9.17, 15) is 9.59 Å². The third-order valence-electron chi connectivity index (χ3n) is 5.22. The molecule has 1 atom stereocenters. The molecule has 27 heavy (non-hydrogen) atoms. The Labute approximate surface area is 166 Å². The summed E-state index contributed by atoms with van der Waals surface area (Å²) in [6, 6.07) is 0. The fourth-order valence-electron chi connectivity index (χ4n) is 3.88. The number of ether oxygens (including phenoxy) is 1. The second-order valence-electron chi connectivity index (χ2n) is 8.29. The highest BCUT2D eigenvalue weighted by Gasteiger charge is 2.33. The van der Waals surface area contributed by atoms with Gasteiger partial charge in [-0.25, -0.2) is 4.79 Å². The summed E-state index contributed by atoms with van der Waals surface area (Å²) in [5.74, 6) is 0.605. The van der Waals surface area contributed by atoms with Crippen molar-refractivity contribution in [3.05, 3.63) is 34.4 Å². The van der Waals surface area contributed by atoms with Gasteiger partial charge in [-0.1, -0.05) is 18.2 Å². The normalized spacial score (nSPS) is 25.1. The number of piperazine rings is 1. The molecule has 1 saturated carbocycles. The summed E-state index contributed by atoms with van der Waals surface area (Å²) >= 11 is 1.65. The quantitative estimate of drug-likeness (QED) is 0.668. The summed E-state index contributed by atoms with van der Waals surface area (Å²) in [6.07, 6.45) is 10.8. The van der Waals surface area contributed by atoms with Crippen LogP contribution in [-0.2, 0) is 9.53 Å². The average molecular weight is 391 g/mol. The van der Waals surface area contributed by atoms with E-state index in [1.807, 2.05) is 39.2 Å². The number of allylic oxidation sites excluding steroid dienone is 5. The van der Waals surface area contributed by atoms with Gasteiger partial charge in [0.15, 0.2) is 5.78 Å². The van der Waals surface area contributed by atoms with Gasteiger partial charge in [0.1, 0.15) is 5.60 Å². The van der Waals surface area contributed by atoms with E-state index in [2.05, 4.69) is 11.0 Å². The summed E-state index contributed by atoms with van der Waals surface area (Å²) in [7, 11) is 0. The van der Waals surface area contributed by atoms with Crippen molar-refractivity contribution in [2.45, 2.75) is 45.6 Å². The van der Waals surface area contributed by atoms with Crippen molar-refractivity contribution >= 4 is 23.6 Å². The lowest BCUT2D eigenvalue weighted by Gasteiger charge is -2.39. The SMILES string of the molecule is CSC(=C1CCC2CC=CC=C2C1=O)N1CCN(C(=O)OC(C)(C)C)CC1. The van der Waals surface area contributed by atoms with Crippen LogP contribution in [0, 0.1) is 5.92 Å². The van der Waals surface area contributed by atoms with Crippen LogP contribution in [-0.4, -0.2) is 59.7 Å². The van der Waals surface area contributed by atoms with Crippen LogP contribution in [0.3, 0.4) is 0 Å². The molecule has 0 spiro atoms. The first-order chi connectivity index (χ1) is 12.8. The molecule has 1 unspecified atom stereocenters. The molecule has 3 rings (SSSR count). The molecule has 148 valence electrons. The van der Waals surface area contributed by atoms with Crippen molar-refractivity contribution in [3.63, 3.8) is 0 Å². The van der Waals surface area contributed by atoms with Crippen LogP contribution in [0.15, 0.2) is 34.4 Å². The molecule has 0 N–H and O–H groups in total. The molecule has 1 saturated heterocycles. The number of thioether (sulfide) groups is 1. The zero-order chi connectivity index (χ0) is 19.6. The fourth-order valence-corrected chi connectivity index (χ4v) is 4.77. The lowest BCUT2D eigenvalue weighted by atomic mass is 9.77. The van der Waals surface area contributed by atoms with Gasteiger partial charge in [0.2, 0.25) is 0 Å². The highest BCUT2D eigenvalue weighted by molar-refractivity contribution is 8.02. The van der Waals surface area contributed by atoms with Gasteiger partial charge < -0.3 is 14.5 Å². The number of Topliss-reactive ketones (excluding diaryl/α,β-unsaturated/α-hetero) is 1. The zero-order valence-corrected chi connectivity index (χ0v) is 17.6. The molecule has 1 heterocycles. The van der Waals surface area contributed by atoms with Crippen molar-refractivity contribution in [1.29, 1.82) is 0 Å². The molecule has 2 fully saturated rings. The van der Waals surface area contributed by atoms with Crippen LogP contribution in [0.5, 0.6) is 0 Å². The summed E-state index contributed by atoms with van der Waals surface area (Å²) in [4.78, 5) is 29.3. The van der Waals surface area contributed by atoms with Crippen LogP contribution in [0.4, 0.5) is 4.79 Å². The number of ketones is 1. The maximum absolute atomic E-state index is 13.0. The van der Waals surface area contributed by atoms with E-state index in [-0.39, 0.29) is 11.9 Å². The van der Waals surface area contributed by atoms with Crippen LogP contribution < -0.4 is 0 Å². The van der Waals surface area contributed by atoms with Crippen molar-refractivity contribution in [2.75, 3.05) is 32.4 Å². The molecule has 5 nitrogen and oxygen atoms in total. The number of fused-ring (bicyclic) bond motifs is 1. The Morgan fingerprint density at radius 2 is 1.85 bits per heavy atom. The van der Waals surface area contributed by atoms with E-state index < -0.39 is 5.60 Å². The Balaban J connectivity index is 1.69. The Kier molecular flexibility index (Phi) is 6.04. The minimum atomic E-state index is -0.478. The average Bonchev–Trinajstić information content (AvgIpc) is 2.63. The maximum Gasteiger partial charge on any atom is 0.410 e. The van der Waals surface area contributed by atoms with Gasteiger partial charge in [0.05, 0.1) is 5.03 Å². The number of carbonyl (C=O) groups excluding carboxylic acids is 2. The van der Waals surface area contributed by atoms with E-state index in [1.54, 1.807) is 16.7 Å². The first kappa shape index (κ1) is 20.1. The topological polar surface area (TPSA) is 49.9 Å². The minimum Gasteiger partial charge on any atom is -0.444 e. The number of hydrogen-bond donors (Lipinski definition) is 0. The third-order valence-corrected chi connectivity index (χ3v) is 6.11. The zero-order valence-electron chi connectivity index (χ0n) is 16.8. The van der Waals surface area contributed by atoms with Gasteiger partial charge in [-0.15, -0.1) is 11.8 Å². The number of hydrogen-bond acceptors (Lipinski definition) is 5. The van der Waals surface area contributed by atoms with Crippen LogP contribution in [0.2, 0.25) is 0 Å². The summed E-state index contributed by atoms with van der Waals surface area (Å²) in [5.41, 5.74) is 1.44.